The van der Waals surface area contributed by atoms with Crippen LogP contribution in [0.5, 0.6) is 5.75 Å². The van der Waals surface area contributed by atoms with Gasteiger partial charge in [-0.1, -0.05) is 44.2 Å². The second-order valence-electron chi connectivity index (χ2n) is 5.53. The van der Waals surface area contributed by atoms with Crippen LogP contribution >= 0.6 is 0 Å². The fourth-order valence-corrected chi connectivity index (χ4v) is 2.27. The molecule has 2 atom stereocenters. The molecule has 4 heteroatoms. The molecule has 0 aromatic heterocycles. The monoisotopic (exact) mass is 315 g/mol. The first kappa shape index (κ1) is 17.0. The average Bonchev–Trinajstić information content (AvgIpc) is 2.59. The van der Waals surface area contributed by atoms with E-state index in [0.717, 1.165) is 0 Å². The first-order valence-electron chi connectivity index (χ1n) is 7.85. The summed E-state index contributed by atoms with van der Waals surface area (Å²) in [5.41, 5.74) is 1.18. The first-order chi connectivity index (χ1) is 11.1. The first-order valence-corrected chi connectivity index (χ1v) is 7.85. The third-order valence-corrected chi connectivity index (χ3v) is 3.71. The number of benzene rings is 2. The van der Waals surface area contributed by atoms with Gasteiger partial charge in [0, 0.05) is 6.54 Å². The molecule has 0 bridgehead atoms. The topological polar surface area (TPSA) is 38.3 Å². The van der Waals surface area contributed by atoms with Crippen molar-refractivity contribution < 1.29 is 13.9 Å². The van der Waals surface area contributed by atoms with E-state index in [-0.39, 0.29) is 17.6 Å². The van der Waals surface area contributed by atoms with Crippen molar-refractivity contribution in [2.24, 2.45) is 0 Å². The molecule has 122 valence electrons. The van der Waals surface area contributed by atoms with Crippen molar-refractivity contribution in [2.45, 2.75) is 32.3 Å². The van der Waals surface area contributed by atoms with Gasteiger partial charge in [-0.25, -0.2) is 4.39 Å². The maximum atomic E-state index is 12.9. The van der Waals surface area contributed by atoms with E-state index < -0.39 is 6.10 Å². The molecule has 0 aliphatic carbocycles. The fourth-order valence-electron chi connectivity index (χ4n) is 2.27. The number of carbonyl (C=O) groups is 1. The van der Waals surface area contributed by atoms with E-state index in [1.165, 1.54) is 29.8 Å². The summed E-state index contributed by atoms with van der Waals surface area (Å²) in [6.45, 7) is 4.50. The molecule has 2 rings (SSSR count). The van der Waals surface area contributed by atoms with Crippen LogP contribution in [0.15, 0.2) is 54.6 Å². The molecular formula is C19H22FNO2. The van der Waals surface area contributed by atoms with Crippen molar-refractivity contribution in [3.8, 4) is 5.75 Å². The second-order valence-corrected chi connectivity index (χ2v) is 5.53. The molecule has 0 saturated heterocycles. The minimum absolute atomic E-state index is 0.153. The van der Waals surface area contributed by atoms with E-state index in [1.54, 1.807) is 0 Å². The zero-order valence-electron chi connectivity index (χ0n) is 13.5. The van der Waals surface area contributed by atoms with Crippen molar-refractivity contribution in [1.29, 1.82) is 0 Å². The summed E-state index contributed by atoms with van der Waals surface area (Å²) in [6.07, 6.45) is -0.0356. The molecule has 23 heavy (non-hydrogen) atoms. The molecule has 0 aliphatic heterocycles. The van der Waals surface area contributed by atoms with E-state index in [9.17, 15) is 9.18 Å². The molecular weight excluding hydrogens is 293 g/mol. The van der Waals surface area contributed by atoms with Crippen LogP contribution in [0.25, 0.3) is 0 Å². The van der Waals surface area contributed by atoms with Gasteiger partial charge in [0.2, 0.25) is 0 Å². The van der Waals surface area contributed by atoms with Crippen LogP contribution in [0, 0.1) is 5.82 Å². The molecule has 2 aromatic rings. The lowest BCUT2D eigenvalue weighted by Gasteiger charge is -2.19. The Morgan fingerprint density at radius 1 is 1.13 bits per heavy atom. The van der Waals surface area contributed by atoms with Crippen LogP contribution in [0.3, 0.4) is 0 Å². The number of hydrogen-bond donors (Lipinski definition) is 1. The largest absolute Gasteiger partial charge is 0.481 e. The third-order valence-electron chi connectivity index (χ3n) is 3.71. The highest BCUT2D eigenvalue weighted by Gasteiger charge is 2.19. The highest BCUT2D eigenvalue weighted by molar-refractivity contribution is 5.81. The molecule has 0 aliphatic rings. The zero-order chi connectivity index (χ0) is 16.7. The van der Waals surface area contributed by atoms with Crippen LogP contribution in [0.2, 0.25) is 0 Å². The lowest BCUT2D eigenvalue weighted by molar-refractivity contribution is -0.128. The highest BCUT2D eigenvalue weighted by Crippen LogP contribution is 2.16. The Labute approximate surface area is 136 Å². The number of hydrogen-bond acceptors (Lipinski definition) is 2. The van der Waals surface area contributed by atoms with Gasteiger partial charge in [0.05, 0.1) is 0 Å². The van der Waals surface area contributed by atoms with E-state index >= 15 is 0 Å². The third kappa shape index (κ3) is 5.09. The maximum Gasteiger partial charge on any atom is 0.261 e. The van der Waals surface area contributed by atoms with E-state index in [0.29, 0.717) is 18.7 Å². The Bertz CT molecular complexity index is 613. The molecule has 1 N–H and O–H groups in total. The van der Waals surface area contributed by atoms with Crippen molar-refractivity contribution in [2.75, 3.05) is 6.54 Å². The van der Waals surface area contributed by atoms with Gasteiger partial charge in [0.25, 0.3) is 5.91 Å². The fraction of sp³-hybridized carbons (Fsp3) is 0.316. The van der Waals surface area contributed by atoms with Gasteiger partial charge in [-0.2, -0.15) is 0 Å². The number of rotatable bonds is 7. The smallest absolute Gasteiger partial charge is 0.261 e. The molecule has 0 saturated carbocycles. The van der Waals surface area contributed by atoms with Gasteiger partial charge in [0.15, 0.2) is 6.10 Å². The zero-order valence-corrected chi connectivity index (χ0v) is 13.5. The molecule has 0 radical (unpaired) electrons. The summed E-state index contributed by atoms with van der Waals surface area (Å²) in [5, 5.41) is 2.93. The van der Waals surface area contributed by atoms with Gasteiger partial charge in [-0.15, -0.1) is 0 Å². The number of amides is 1. The quantitative estimate of drug-likeness (QED) is 0.841. The standard InChI is InChI=1S/C19H22FNO2/c1-3-18(23-17-11-9-16(20)10-12-17)19(22)21-13-14(2)15-7-5-4-6-8-15/h4-12,14,18H,3,13H2,1-2H3,(H,21,22)/t14-,18-/m0/s1. The number of carbonyl (C=O) groups excluding carboxylic acids is 1. The van der Waals surface area contributed by atoms with Gasteiger partial charge >= 0.3 is 0 Å². The van der Waals surface area contributed by atoms with Crippen molar-refractivity contribution in [1.82, 2.24) is 5.32 Å². The molecule has 3 nitrogen and oxygen atoms in total. The average molecular weight is 315 g/mol. The summed E-state index contributed by atoms with van der Waals surface area (Å²) < 4.78 is 18.5. The lowest BCUT2D eigenvalue weighted by Crippen LogP contribution is -2.39. The van der Waals surface area contributed by atoms with Crippen LogP contribution in [-0.2, 0) is 4.79 Å². The highest BCUT2D eigenvalue weighted by atomic mass is 19.1. The van der Waals surface area contributed by atoms with Crippen LogP contribution < -0.4 is 10.1 Å². The SMILES string of the molecule is CC[C@H](Oc1ccc(F)cc1)C(=O)NC[C@H](C)c1ccccc1. The molecule has 2 aromatic carbocycles. The van der Waals surface area contributed by atoms with E-state index in [4.69, 9.17) is 4.74 Å². The van der Waals surface area contributed by atoms with Gasteiger partial charge < -0.3 is 10.1 Å². The van der Waals surface area contributed by atoms with E-state index in [1.807, 2.05) is 37.3 Å². The number of ether oxygens (including phenoxy) is 1. The Kier molecular flexibility index (Phi) is 6.15. The molecule has 0 heterocycles. The van der Waals surface area contributed by atoms with E-state index in [2.05, 4.69) is 12.2 Å². The predicted octanol–water partition coefficient (Wildman–Crippen LogP) is 3.90. The lowest BCUT2D eigenvalue weighted by atomic mass is 10.0. The Morgan fingerprint density at radius 3 is 2.39 bits per heavy atom. The summed E-state index contributed by atoms with van der Waals surface area (Å²) in [5.74, 6) is 0.235. The summed E-state index contributed by atoms with van der Waals surface area (Å²) >= 11 is 0. The summed E-state index contributed by atoms with van der Waals surface area (Å²) in [7, 11) is 0. The van der Waals surface area contributed by atoms with Crippen molar-refractivity contribution >= 4 is 5.91 Å². The van der Waals surface area contributed by atoms with Gasteiger partial charge in [-0.3, -0.25) is 4.79 Å². The van der Waals surface area contributed by atoms with Gasteiger partial charge in [-0.05, 0) is 42.2 Å². The Balaban J connectivity index is 1.88. The maximum absolute atomic E-state index is 12.9. The molecule has 0 unspecified atom stereocenters. The summed E-state index contributed by atoms with van der Waals surface area (Å²) in [4.78, 5) is 12.3. The molecule has 0 spiro atoms. The molecule has 0 fully saturated rings. The minimum Gasteiger partial charge on any atom is -0.481 e. The normalized spacial score (nSPS) is 13.2. The predicted molar refractivity (Wildman–Crippen MR) is 89.0 cm³/mol. The van der Waals surface area contributed by atoms with Crippen LogP contribution in [0.4, 0.5) is 4.39 Å². The Morgan fingerprint density at radius 2 is 1.78 bits per heavy atom. The molecule has 1 amide bonds. The number of nitrogens with one attached hydrogen (secondary N) is 1. The summed E-state index contributed by atoms with van der Waals surface area (Å²) in [6, 6.07) is 15.7. The Hall–Kier alpha value is -2.36. The second kappa shape index (κ2) is 8.32. The van der Waals surface area contributed by atoms with Gasteiger partial charge in [0.1, 0.15) is 11.6 Å². The van der Waals surface area contributed by atoms with Crippen LogP contribution in [-0.4, -0.2) is 18.6 Å². The van der Waals surface area contributed by atoms with Crippen molar-refractivity contribution in [3.05, 3.63) is 66.0 Å². The van der Waals surface area contributed by atoms with Crippen molar-refractivity contribution in [3.63, 3.8) is 0 Å². The van der Waals surface area contributed by atoms with Crippen LogP contribution in [0.1, 0.15) is 31.7 Å². The minimum atomic E-state index is -0.580. The number of halogens is 1.